The lowest BCUT2D eigenvalue weighted by Gasteiger charge is -2.38. The number of benzene rings is 1. The van der Waals surface area contributed by atoms with Gasteiger partial charge in [-0.25, -0.2) is 9.78 Å². The summed E-state index contributed by atoms with van der Waals surface area (Å²) in [6.07, 6.45) is 6.08. The molecule has 1 aromatic carbocycles. The fourth-order valence-electron chi connectivity index (χ4n) is 4.17. The molecule has 1 atom stereocenters. The smallest absolute Gasteiger partial charge is 0.416 e. The summed E-state index contributed by atoms with van der Waals surface area (Å²) in [7, 11) is 0. The van der Waals surface area contributed by atoms with Crippen LogP contribution < -0.4 is 4.90 Å². The van der Waals surface area contributed by atoms with Crippen LogP contribution in [0.5, 0.6) is 0 Å². The van der Waals surface area contributed by atoms with Crippen LogP contribution in [-0.2, 0) is 4.74 Å². The van der Waals surface area contributed by atoms with E-state index in [1.54, 1.807) is 11.1 Å². The number of likely N-dealkylation sites (tertiary alicyclic amines) is 1. The van der Waals surface area contributed by atoms with Crippen LogP contribution in [0.4, 0.5) is 10.6 Å². The second-order valence-electron chi connectivity index (χ2n) is 9.37. The van der Waals surface area contributed by atoms with Crippen LogP contribution in [0.2, 0.25) is 0 Å². The van der Waals surface area contributed by atoms with E-state index in [4.69, 9.17) is 4.74 Å². The van der Waals surface area contributed by atoms with Gasteiger partial charge in [0.2, 0.25) is 0 Å². The minimum absolute atomic E-state index is 0.0235. The molecule has 0 N–H and O–H groups in total. The topological polar surface area (TPSA) is 62.7 Å². The second-order valence-corrected chi connectivity index (χ2v) is 9.37. The van der Waals surface area contributed by atoms with E-state index in [2.05, 4.69) is 4.98 Å². The van der Waals surface area contributed by atoms with Crippen LogP contribution in [-0.4, -0.2) is 40.1 Å². The van der Waals surface area contributed by atoms with Crippen molar-refractivity contribution in [3.63, 3.8) is 0 Å². The van der Waals surface area contributed by atoms with E-state index >= 15 is 0 Å². The van der Waals surface area contributed by atoms with E-state index in [-0.39, 0.29) is 24.1 Å². The monoisotopic (exact) mass is 421 g/mol. The number of carbonyl (C=O) groups is 2. The third-order valence-electron chi connectivity index (χ3n) is 5.69. The number of carbonyl (C=O) groups excluding carboxylic acids is 2. The summed E-state index contributed by atoms with van der Waals surface area (Å²) in [4.78, 5) is 34.7. The maximum atomic E-state index is 13.3. The van der Waals surface area contributed by atoms with Crippen molar-refractivity contribution in [1.29, 1.82) is 0 Å². The Morgan fingerprint density at radius 1 is 1.03 bits per heavy atom. The lowest BCUT2D eigenvalue weighted by molar-refractivity contribution is 0.0575. The van der Waals surface area contributed by atoms with E-state index < -0.39 is 5.60 Å². The quantitative estimate of drug-likeness (QED) is 0.667. The van der Waals surface area contributed by atoms with E-state index in [0.717, 1.165) is 37.7 Å². The predicted molar refractivity (Wildman–Crippen MR) is 120 cm³/mol. The van der Waals surface area contributed by atoms with E-state index in [9.17, 15) is 9.59 Å². The van der Waals surface area contributed by atoms with Gasteiger partial charge >= 0.3 is 6.09 Å². The summed E-state index contributed by atoms with van der Waals surface area (Å²) >= 11 is 0. The molecule has 0 radical (unpaired) electrons. The molecular weight excluding hydrogens is 390 g/mol. The lowest BCUT2D eigenvalue weighted by Crippen LogP contribution is -2.42. The maximum absolute atomic E-state index is 13.3. The number of ether oxygens (including phenoxy) is 1. The van der Waals surface area contributed by atoms with Crippen molar-refractivity contribution in [3.05, 3.63) is 59.8 Å². The molecule has 1 aliphatic carbocycles. The highest BCUT2D eigenvalue weighted by Crippen LogP contribution is 2.40. The van der Waals surface area contributed by atoms with Crippen LogP contribution in [0.3, 0.4) is 0 Å². The van der Waals surface area contributed by atoms with E-state index in [1.165, 1.54) is 0 Å². The van der Waals surface area contributed by atoms with Gasteiger partial charge < -0.3 is 9.64 Å². The highest BCUT2D eigenvalue weighted by atomic mass is 16.6. The molecule has 6 heteroatoms. The molecule has 1 aromatic heterocycles. The van der Waals surface area contributed by atoms with Gasteiger partial charge in [0.05, 0.1) is 6.04 Å². The number of hydrogen-bond acceptors (Lipinski definition) is 4. The summed E-state index contributed by atoms with van der Waals surface area (Å²) in [5, 5.41) is 0. The highest BCUT2D eigenvalue weighted by Gasteiger charge is 2.40. The number of anilines is 1. The molecule has 1 saturated carbocycles. The van der Waals surface area contributed by atoms with Crippen LogP contribution in [0.1, 0.15) is 74.8 Å². The van der Waals surface area contributed by atoms with Gasteiger partial charge in [0.25, 0.3) is 5.91 Å². The van der Waals surface area contributed by atoms with Gasteiger partial charge in [-0.1, -0.05) is 24.3 Å². The number of piperidine rings is 1. The Hall–Kier alpha value is -2.89. The molecular formula is C25H31N3O3. The number of nitrogens with zero attached hydrogens (tertiary/aromatic N) is 3. The van der Waals surface area contributed by atoms with Crippen molar-refractivity contribution in [2.45, 2.75) is 70.6 Å². The van der Waals surface area contributed by atoms with Crippen LogP contribution in [0.15, 0.2) is 48.7 Å². The number of rotatable bonds is 4. The standard InChI is InChI=1S/C25H31N3O3/c1-25(2,3)31-24(30)28(19-14-15-19)22-20(12-9-16-26-22)21-13-7-8-17-27(21)23(29)18-10-5-4-6-11-18/h4-6,9-12,16,19,21H,7-8,13-15,17H2,1-3H3/t21-/m0/s1. The first-order valence-corrected chi connectivity index (χ1v) is 11.2. The van der Waals surface area contributed by atoms with Gasteiger partial charge in [0, 0.05) is 29.9 Å². The van der Waals surface area contributed by atoms with Crippen molar-refractivity contribution in [3.8, 4) is 0 Å². The summed E-state index contributed by atoms with van der Waals surface area (Å²) in [5.41, 5.74) is 1.02. The molecule has 1 saturated heterocycles. The summed E-state index contributed by atoms with van der Waals surface area (Å²) in [6.45, 7) is 6.31. The molecule has 1 aliphatic heterocycles. The average molecular weight is 422 g/mol. The molecule has 2 aromatic rings. The van der Waals surface area contributed by atoms with Gasteiger partial charge in [-0.05, 0) is 71.1 Å². The Kier molecular flexibility index (Phi) is 5.99. The number of amides is 2. The molecule has 2 amide bonds. The van der Waals surface area contributed by atoms with Crippen LogP contribution >= 0.6 is 0 Å². The first-order chi connectivity index (χ1) is 14.8. The molecule has 31 heavy (non-hydrogen) atoms. The third-order valence-corrected chi connectivity index (χ3v) is 5.69. The third kappa shape index (κ3) is 4.89. The predicted octanol–water partition coefficient (Wildman–Crippen LogP) is 5.35. The Labute approximate surface area is 184 Å². The first kappa shape index (κ1) is 21.3. The number of pyridine rings is 1. The van der Waals surface area contributed by atoms with Crippen molar-refractivity contribution in [1.82, 2.24) is 9.88 Å². The van der Waals surface area contributed by atoms with Gasteiger partial charge in [-0.15, -0.1) is 0 Å². The summed E-state index contributed by atoms with van der Waals surface area (Å²) in [5.74, 6) is 0.646. The van der Waals surface area contributed by atoms with Crippen molar-refractivity contribution in [2.24, 2.45) is 0 Å². The fourth-order valence-corrected chi connectivity index (χ4v) is 4.17. The van der Waals surface area contributed by atoms with Gasteiger partial charge in [-0.2, -0.15) is 0 Å². The normalized spacial score (nSPS) is 19.1. The summed E-state index contributed by atoms with van der Waals surface area (Å²) < 4.78 is 5.71. The molecule has 4 rings (SSSR count). The number of hydrogen-bond donors (Lipinski definition) is 0. The van der Waals surface area contributed by atoms with Gasteiger partial charge in [0.15, 0.2) is 0 Å². The Morgan fingerprint density at radius 3 is 2.45 bits per heavy atom. The Balaban J connectivity index is 1.69. The zero-order chi connectivity index (χ0) is 22.0. The fraction of sp³-hybridized carbons (Fsp3) is 0.480. The Morgan fingerprint density at radius 2 is 1.77 bits per heavy atom. The van der Waals surface area contributed by atoms with Crippen molar-refractivity contribution in [2.75, 3.05) is 11.4 Å². The van der Waals surface area contributed by atoms with Gasteiger partial charge in [-0.3, -0.25) is 9.69 Å². The second kappa shape index (κ2) is 8.69. The molecule has 0 unspecified atom stereocenters. The number of aromatic nitrogens is 1. The minimum Gasteiger partial charge on any atom is -0.443 e. The minimum atomic E-state index is -0.584. The van der Waals surface area contributed by atoms with Crippen molar-refractivity contribution < 1.29 is 14.3 Å². The van der Waals surface area contributed by atoms with E-state index in [0.29, 0.717) is 17.9 Å². The molecule has 2 heterocycles. The molecule has 164 valence electrons. The summed E-state index contributed by atoms with van der Waals surface area (Å²) in [6, 6.07) is 13.3. The maximum Gasteiger partial charge on any atom is 0.416 e. The van der Waals surface area contributed by atoms with Crippen LogP contribution in [0.25, 0.3) is 0 Å². The lowest BCUT2D eigenvalue weighted by atomic mass is 9.94. The van der Waals surface area contributed by atoms with E-state index in [1.807, 2.05) is 68.1 Å². The SMILES string of the molecule is CC(C)(C)OC(=O)N(c1ncccc1[C@@H]1CCCCN1C(=O)c1ccccc1)C1CC1. The van der Waals surface area contributed by atoms with Gasteiger partial charge in [0.1, 0.15) is 11.4 Å². The van der Waals surface area contributed by atoms with Crippen molar-refractivity contribution >= 4 is 17.8 Å². The zero-order valence-corrected chi connectivity index (χ0v) is 18.6. The molecule has 0 bridgehead atoms. The Bertz CT molecular complexity index is 935. The zero-order valence-electron chi connectivity index (χ0n) is 18.6. The molecule has 0 spiro atoms. The molecule has 2 fully saturated rings. The average Bonchev–Trinajstić information content (AvgIpc) is 3.58. The molecule has 6 nitrogen and oxygen atoms in total. The van der Waals surface area contributed by atoms with Crippen LogP contribution in [0, 0.1) is 0 Å². The first-order valence-electron chi connectivity index (χ1n) is 11.2. The largest absolute Gasteiger partial charge is 0.443 e. The molecule has 2 aliphatic rings. The highest BCUT2D eigenvalue weighted by molar-refractivity contribution is 5.95.